The van der Waals surface area contributed by atoms with E-state index in [2.05, 4.69) is 15.4 Å². The second-order valence-corrected chi connectivity index (χ2v) is 6.51. The number of esters is 1. The van der Waals surface area contributed by atoms with Gasteiger partial charge in [0.05, 0.1) is 18.7 Å². The van der Waals surface area contributed by atoms with E-state index in [1.165, 1.54) is 52.1 Å². The molecule has 0 atom stereocenters. The zero-order chi connectivity index (χ0) is 17.2. The Morgan fingerprint density at radius 2 is 1.71 bits per heavy atom. The summed E-state index contributed by atoms with van der Waals surface area (Å²) in [6.07, 6.45) is 9.05. The molecular formula is C19H29N2O3+. The molecule has 1 aliphatic carbocycles. The van der Waals surface area contributed by atoms with Crippen molar-refractivity contribution in [2.24, 2.45) is 0 Å². The van der Waals surface area contributed by atoms with Gasteiger partial charge in [-0.15, -0.1) is 0 Å². The van der Waals surface area contributed by atoms with Gasteiger partial charge in [-0.1, -0.05) is 31.4 Å². The summed E-state index contributed by atoms with van der Waals surface area (Å²) in [5, 5.41) is 5.14. The Kier molecular flexibility index (Phi) is 7.75. The summed E-state index contributed by atoms with van der Waals surface area (Å²) < 4.78 is 4.67. The van der Waals surface area contributed by atoms with Crippen molar-refractivity contribution in [2.75, 3.05) is 13.7 Å². The summed E-state index contributed by atoms with van der Waals surface area (Å²) in [4.78, 5) is 23.4. The topological polar surface area (TPSA) is 72.0 Å². The normalized spacial score (nSPS) is 16.0. The van der Waals surface area contributed by atoms with Crippen LogP contribution in [0, 0.1) is 0 Å². The number of benzene rings is 1. The molecule has 3 N–H and O–H groups in total. The van der Waals surface area contributed by atoms with Gasteiger partial charge in [0.1, 0.15) is 0 Å². The molecule has 2 rings (SSSR count). The summed E-state index contributed by atoms with van der Waals surface area (Å²) in [5.41, 5.74) is 1.49. The number of hydrogen-bond acceptors (Lipinski definition) is 3. The van der Waals surface area contributed by atoms with Gasteiger partial charge < -0.3 is 15.4 Å². The molecule has 1 saturated carbocycles. The van der Waals surface area contributed by atoms with Crippen LogP contribution >= 0.6 is 0 Å². The first kappa shape index (κ1) is 18.5. The Morgan fingerprint density at radius 1 is 1.08 bits per heavy atom. The SMILES string of the molecule is COC(=O)c1ccc(CNC(=O)C[NH2+]C2CCCCCCC2)cc1. The highest BCUT2D eigenvalue weighted by Crippen LogP contribution is 2.14. The summed E-state index contributed by atoms with van der Waals surface area (Å²) in [7, 11) is 1.36. The maximum Gasteiger partial charge on any atom is 0.337 e. The molecule has 1 aliphatic rings. The minimum Gasteiger partial charge on any atom is -0.465 e. The van der Waals surface area contributed by atoms with Gasteiger partial charge in [0.2, 0.25) is 0 Å². The fraction of sp³-hybridized carbons (Fsp3) is 0.579. The lowest BCUT2D eigenvalue weighted by Gasteiger charge is -2.18. The average molecular weight is 333 g/mol. The molecule has 1 fully saturated rings. The number of ether oxygens (including phenoxy) is 1. The number of hydrogen-bond donors (Lipinski definition) is 2. The second kappa shape index (κ2) is 10.1. The smallest absolute Gasteiger partial charge is 0.337 e. The molecule has 1 amide bonds. The predicted molar refractivity (Wildman–Crippen MR) is 92.5 cm³/mol. The van der Waals surface area contributed by atoms with Gasteiger partial charge in [-0.3, -0.25) is 4.79 Å². The van der Waals surface area contributed by atoms with Crippen LogP contribution in [0.2, 0.25) is 0 Å². The molecular weight excluding hydrogens is 304 g/mol. The molecule has 0 bridgehead atoms. The maximum absolute atomic E-state index is 12.0. The highest BCUT2D eigenvalue weighted by atomic mass is 16.5. The molecule has 0 spiro atoms. The van der Waals surface area contributed by atoms with Gasteiger partial charge in [-0.05, 0) is 43.4 Å². The first-order valence-electron chi connectivity index (χ1n) is 8.96. The van der Waals surface area contributed by atoms with Crippen molar-refractivity contribution in [2.45, 2.75) is 57.5 Å². The van der Waals surface area contributed by atoms with Crippen molar-refractivity contribution < 1.29 is 19.6 Å². The number of carbonyl (C=O) groups excluding carboxylic acids is 2. The molecule has 0 radical (unpaired) electrons. The Labute approximate surface area is 144 Å². The fourth-order valence-electron chi connectivity index (χ4n) is 3.15. The van der Waals surface area contributed by atoms with Crippen LogP contribution in [0.25, 0.3) is 0 Å². The van der Waals surface area contributed by atoms with Crippen LogP contribution in [0.5, 0.6) is 0 Å². The summed E-state index contributed by atoms with van der Waals surface area (Å²) in [6, 6.07) is 7.70. The molecule has 24 heavy (non-hydrogen) atoms. The molecule has 0 saturated heterocycles. The zero-order valence-corrected chi connectivity index (χ0v) is 14.6. The quantitative estimate of drug-likeness (QED) is 0.779. The van der Waals surface area contributed by atoms with Gasteiger partial charge in [0, 0.05) is 6.54 Å². The Bertz CT molecular complexity index is 520. The van der Waals surface area contributed by atoms with Gasteiger partial charge in [-0.25, -0.2) is 4.79 Å². The standard InChI is InChI=1S/C19H28N2O3/c1-24-19(23)16-11-9-15(10-12-16)13-21-18(22)14-20-17-7-5-3-2-4-6-8-17/h9-12,17,20H,2-8,13-14H2,1H3,(H,21,22)/p+1. The number of amides is 1. The third-order valence-electron chi connectivity index (χ3n) is 4.65. The third kappa shape index (κ3) is 6.32. The summed E-state index contributed by atoms with van der Waals surface area (Å²) in [6.45, 7) is 0.976. The van der Waals surface area contributed by atoms with Gasteiger partial charge in [0.15, 0.2) is 6.54 Å². The number of nitrogens with one attached hydrogen (secondary N) is 1. The van der Waals surface area contributed by atoms with Gasteiger partial charge in [-0.2, -0.15) is 0 Å². The van der Waals surface area contributed by atoms with Crippen LogP contribution in [0.4, 0.5) is 0 Å². The van der Waals surface area contributed by atoms with Crippen molar-refractivity contribution in [1.29, 1.82) is 0 Å². The highest BCUT2D eigenvalue weighted by molar-refractivity contribution is 5.89. The number of quaternary nitrogens is 1. The van der Waals surface area contributed by atoms with Crippen molar-refractivity contribution in [1.82, 2.24) is 5.32 Å². The number of nitrogens with two attached hydrogens (primary N) is 1. The zero-order valence-electron chi connectivity index (χ0n) is 14.6. The molecule has 132 valence electrons. The molecule has 5 nitrogen and oxygen atoms in total. The van der Waals surface area contributed by atoms with Crippen LogP contribution in [-0.4, -0.2) is 31.6 Å². The third-order valence-corrected chi connectivity index (χ3v) is 4.65. The first-order valence-corrected chi connectivity index (χ1v) is 8.96. The van der Waals surface area contributed by atoms with Crippen molar-refractivity contribution in [3.05, 3.63) is 35.4 Å². The summed E-state index contributed by atoms with van der Waals surface area (Å²) in [5.74, 6) is -0.284. The van der Waals surface area contributed by atoms with E-state index in [-0.39, 0.29) is 11.9 Å². The van der Waals surface area contributed by atoms with E-state index in [9.17, 15) is 9.59 Å². The number of rotatable bonds is 6. The number of methoxy groups -OCH3 is 1. The Morgan fingerprint density at radius 3 is 2.33 bits per heavy atom. The van der Waals surface area contributed by atoms with Crippen LogP contribution in [0.1, 0.15) is 60.9 Å². The lowest BCUT2D eigenvalue weighted by Crippen LogP contribution is -2.92. The monoisotopic (exact) mass is 333 g/mol. The Balaban J connectivity index is 1.69. The lowest BCUT2D eigenvalue weighted by atomic mass is 9.97. The Hall–Kier alpha value is -1.88. The lowest BCUT2D eigenvalue weighted by molar-refractivity contribution is -0.680. The van der Waals surface area contributed by atoms with Gasteiger partial charge >= 0.3 is 5.97 Å². The molecule has 5 heteroatoms. The summed E-state index contributed by atoms with van der Waals surface area (Å²) >= 11 is 0. The largest absolute Gasteiger partial charge is 0.465 e. The maximum atomic E-state index is 12.0. The minimum absolute atomic E-state index is 0.0640. The average Bonchev–Trinajstić information content (AvgIpc) is 2.58. The van der Waals surface area contributed by atoms with E-state index in [0.29, 0.717) is 24.7 Å². The molecule has 0 heterocycles. The van der Waals surface area contributed by atoms with Crippen molar-refractivity contribution >= 4 is 11.9 Å². The van der Waals surface area contributed by atoms with Crippen LogP contribution in [0.15, 0.2) is 24.3 Å². The van der Waals surface area contributed by atoms with E-state index in [1.807, 2.05) is 12.1 Å². The van der Waals surface area contributed by atoms with E-state index < -0.39 is 0 Å². The molecule has 0 unspecified atom stereocenters. The number of carbonyl (C=O) groups is 2. The van der Waals surface area contributed by atoms with Crippen LogP contribution in [0.3, 0.4) is 0 Å². The van der Waals surface area contributed by atoms with Crippen LogP contribution < -0.4 is 10.6 Å². The van der Waals surface area contributed by atoms with E-state index in [1.54, 1.807) is 12.1 Å². The molecule has 0 aliphatic heterocycles. The molecule has 1 aromatic carbocycles. The minimum atomic E-state index is -0.348. The fourth-order valence-corrected chi connectivity index (χ4v) is 3.15. The van der Waals surface area contributed by atoms with Crippen molar-refractivity contribution in [3.63, 3.8) is 0 Å². The highest BCUT2D eigenvalue weighted by Gasteiger charge is 2.15. The molecule has 0 aromatic heterocycles. The second-order valence-electron chi connectivity index (χ2n) is 6.51. The van der Waals surface area contributed by atoms with Gasteiger partial charge in [0.25, 0.3) is 5.91 Å². The predicted octanol–water partition coefficient (Wildman–Crippen LogP) is 1.77. The van der Waals surface area contributed by atoms with E-state index in [0.717, 1.165) is 5.56 Å². The molecule has 1 aromatic rings. The van der Waals surface area contributed by atoms with E-state index >= 15 is 0 Å². The van der Waals surface area contributed by atoms with Crippen LogP contribution in [-0.2, 0) is 16.1 Å². The van der Waals surface area contributed by atoms with E-state index in [4.69, 9.17) is 0 Å². The van der Waals surface area contributed by atoms with Crippen molar-refractivity contribution in [3.8, 4) is 0 Å². The first-order chi connectivity index (χ1) is 11.7.